The molecule has 36 nitrogen and oxygen atoms in total. The number of nitrogens with one attached hydrogen (secondary N) is 1. The van der Waals surface area contributed by atoms with Crippen LogP contribution < -0.4 is 5.32 Å². The molecule has 0 heterocycles. The summed E-state index contributed by atoms with van der Waals surface area (Å²) in [4.78, 5) is 228. The van der Waals surface area contributed by atoms with Crippen molar-refractivity contribution in [1.82, 2.24) is 5.32 Å². The van der Waals surface area contributed by atoms with Gasteiger partial charge >= 0.3 is 101 Å². The van der Waals surface area contributed by atoms with Crippen molar-refractivity contribution in [3.63, 3.8) is 0 Å². The second kappa shape index (κ2) is 70.7. The Labute approximate surface area is 748 Å². The third-order valence-corrected chi connectivity index (χ3v) is 25.0. The first-order chi connectivity index (χ1) is 60.2. The summed E-state index contributed by atoms with van der Waals surface area (Å²) in [6.07, 6.45) is 22.4. The number of carbonyl (C=O) groups excluding carboxylic acids is 3. The van der Waals surface area contributed by atoms with Crippen LogP contribution in [0.2, 0.25) is 0 Å². The molecule has 0 saturated carbocycles. The lowest BCUT2D eigenvalue weighted by Crippen LogP contribution is -2.42. The topological polar surface area (TPSA) is 641 Å². The number of unbranched alkanes of at least 4 members (excludes halogenated alkanes) is 30. The van der Waals surface area contributed by atoms with Gasteiger partial charge in [-0.2, -0.15) is 11.8 Å². The van der Waals surface area contributed by atoms with Gasteiger partial charge < -0.3 is 91.4 Å². The molecule has 0 bridgehead atoms. The Bertz CT molecular complexity index is 3330. The average Bonchev–Trinajstić information content (AvgIpc) is 0.849. The lowest BCUT2D eigenvalue weighted by molar-refractivity contribution is -0.154. The third-order valence-electron chi connectivity index (χ3n) is 23.8. The van der Waals surface area contributed by atoms with Gasteiger partial charge in [0, 0.05) is 25.0 Å². The number of hydrogen-bond acceptors (Lipinski definition) is 21. The molecule has 0 radical (unpaired) electrons. The number of hydrogen-bond donors (Lipinski definition) is 16. The molecule has 37 heteroatoms. The molecule has 15 atom stereocenters. The number of thioether (sulfide) groups is 1. The summed E-state index contributed by atoms with van der Waals surface area (Å²) in [6.45, 7) is 4.74. The minimum absolute atomic E-state index is 0.0979. The van der Waals surface area contributed by atoms with Crippen molar-refractivity contribution in [2.75, 3.05) is 24.7 Å². The molecule has 0 saturated heterocycles. The van der Waals surface area contributed by atoms with Crippen LogP contribution in [0.25, 0.3) is 0 Å². The molecule has 0 rings (SSSR count). The maximum absolute atomic E-state index is 13.5. The largest absolute Gasteiger partial charge is 0.481 e. The molecule has 0 aliphatic rings. The van der Waals surface area contributed by atoms with Crippen molar-refractivity contribution in [3.8, 4) is 0 Å². The number of ether oxygens (including phenoxy) is 2. The van der Waals surface area contributed by atoms with Gasteiger partial charge in [-0.05, 0) is 121 Å². The summed E-state index contributed by atoms with van der Waals surface area (Å²) >= 11 is 0.999. The Morgan fingerprint density at radius 1 is 0.236 bits per heavy atom. The van der Waals surface area contributed by atoms with Crippen LogP contribution in [-0.4, -0.2) is 215 Å². The first-order valence-corrected chi connectivity index (χ1v) is 46.9. The molecule has 0 aromatic heterocycles. The summed E-state index contributed by atoms with van der Waals surface area (Å²) in [5.74, 6) is -56.3. The summed E-state index contributed by atoms with van der Waals surface area (Å²) < 4.78 is 11.1. The highest BCUT2D eigenvalue weighted by Crippen LogP contribution is 2.38. The van der Waals surface area contributed by atoms with Gasteiger partial charge in [0.2, 0.25) is 5.91 Å². The predicted octanol–water partition coefficient (Wildman–Crippen LogP) is 15.1. The minimum atomic E-state index is -2.12. The van der Waals surface area contributed by atoms with Gasteiger partial charge in [0.15, 0.2) is 0 Å². The highest BCUT2D eigenvalue weighted by Gasteiger charge is 2.43. The molecule has 0 fully saturated rings. The fraction of sp³-hybridized carbons (Fsp3) is 0.800. The fourth-order valence-corrected chi connectivity index (χ4v) is 17.2. The zero-order valence-electron chi connectivity index (χ0n) is 74.3. The number of carbonyl (C=O) groups is 18. The van der Waals surface area contributed by atoms with Crippen LogP contribution in [0.3, 0.4) is 0 Å². The van der Waals surface area contributed by atoms with Gasteiger partial charge in [-0.25, -0.2) is 4.79 Å². The van der Waals surface area contributed by atoms with Gasteiger partial charge in [-0.15, -0.1) is 0 Å². The molecular weight excluding hydrogens is 1690 g/mol. The molecule has 0 aliphatic heterocycles. The van der Waals surface area contributed by atoms with E-state index in [1.807, 2.05) is 0 Å². The van der Waals surface area contributed by atoms with Gasteiger partial charge in [0.05, 0.1) is 96.1 Å². The molecule has 0 aromatic rings. The van der Waals surface area contributed by atoms with Gasteiger partial charge in [0.25, 0.3) is 0 Å². The van der Waals surface area contributed by atoms with Crippen LogP contribution in [0.5, 0.6) is 0 Å². The van der Waals surface area contributed by atoms with Crippen LogP contribution in [-0.2, 0) is 95.8 Å². The average molecular weight is 1840 g/mol. The Kier molecular flexibility index (Phi) is 65.6. The Morgan fingerprint density at radius 3 is 0.677 bits per heavy atom. The number of carboxylic acids is 15. The quantitative estimate of drug-likeness (QED) is 0.0199. The lowest BCUT2D eigenvalue weighted by Gasteiger charge is -2.27. The van der Waals surface area contributed by atoms with Crippen molar-refractivity contribution in [1.29, 1.82) is 0 Å². The summed E-state index contributed by atoms with van der Waals surface area (Å²) in [5, 5.41) is 154. The van der Waals surface area contributed by atoms with E-state index in [1.165, 1.54) is 141 Å². The summed E-state index contributed by atoms with van der Waals surface area (Å²) in [7, 11) is 0. The number of amides is 1. The maximum atomic E-state index is 13.5. The maximum Gasteiger partial charge on any atom is 0.328 e. The predicted molar refractivity (Wildman–Crippen MR) is 461 cm³/mol. The molecule has 14 unspecified atom stereocenters. The van der Waals surface area contributed by atoms with E-state index in [9.17, 15) is 158 Å². The Morgan fingerprint density at radius 2 is 0.449 bits per heavy atom. The standard InChI is InChI=1S/C90H147NO35S/c1-3-5-7-9-11-13-15-17-19-21-23-25-27-29-31-33-41-125-75(95)40-38-72(90(124)126-42-34-32-30-28-26-24-22-20-18-16-14-12-10-8-6-4-2)91-73(92)36-35-43-127-57-71(89(122)123)56-70(88(120)121)55-69(87(118)119)54-68(86(116)117)53-67(85(114)115)52-66(84(112)113)51-65(83(110)111)50-64(82(108)109)49-63(81(106)107)48-62(80(104)105)47-61(79(102)103)46-60(78(100)101)45-59(77(98)99)44-58(76(96)97)37-39-74(93)94/h58-72H,3-57H2,1-2H3,(H,91,92)(H,93,94)(H,96,97)(H,98,99)(H,100,101)(H,102,103)(H,104,105)(H,106,107)(H,108,109)(H,110,111)(H,112,113)(H,114,115)(H,116,117)(H,118,119)(H,120,121)(H,122,123)/t58?,59?,60?,61?,62?,63?,64?,65?,66?,67?,68?,69?,70?,71?,72-/m0/s1. The zero-order valence-corrected chi connectivity index (χ0v) is 75.1. The molecule has 728 valence electrons. The van der Waals surface area contributed by atoms with E-state index >= 15 is 0 Å². The second-order valence-corrected chi connectivity index (χ2v) is 35.5. The second-order valence-electron chi connectivity index (χ2n) is 34.3. The smallest absolute Gasteiger partial charge is 0.328 e. The molecular formula is C90H147NO35S. The van der Waals surface area contributed by atoms with Crippen molar-refractivity contribution >= 4 is 119 Å². The zero-order chi connectivity index (χ0) is 95.8. The molecule has 127 heavy (non-hydrogen) atoms. The van der Waals surface area contributed by atoms with Crippen molar-refractivity contribution in [2.45, 2.75) is 347 Å². The monoisotopic (exact) mass is 1830 g/mol. The van der Waals surface area contributed by atoms with Crippen molar-refractivity contribution < 1.29 is 172 Å². The van der Waals surface area contributed by atoms with Crippen molar-refractivity contribution in [2.24, 2.45) is 82.9 Å². The number of esters is 2. The number of aliphatic carboxylic acids is 15. The van der Waals surface area contributed by atoms with Crippen LogP contribution in [0.4, 0.5) is 0 Å². The van der Waals surface area contributed by atoms with Gasteiger partial charge in [-0.3, -0.25) is 81.5 Å². The van der Waals surface area contributed by atoms with E-state index in [0.29, 0.717) is 12.8 Å². The van der Waals surface area contributed by atoms with Crippen LogP contribution >= 0.6 is 11.8 Å². The SMILES string of the molecule is CCCCCCCCCCCCCCCCCCOC(=O)CC[C@H](NC(=O)CCCSCC(CC(CC(CC(CC(CC(CC(CC(CC(CC(CC(CC(CC(CC(CCC(=O)O)C(=O)O)C(=O)O)C(=O)O)C(=O)O)C(=O)O)C(=O)O)C(=O)O)C(=O)O)C(=O)O)C(=O)O)C(=O)O)C(=O)O)C(=O)O)C(=O)O)C(=O)OCCCCCCCCCCCCCCCCCC. The van der Waals surface area contributed by atoms with E-state index in [1.54, 1.807) is 0 Å². The molecule has 1 amide bonds. The van der Waals surface area contributed by atoms with E-state index in [4.69, 9.17) is 14.6 Å². The van der Waals surface area contributed by atoms with Gasteiger partial charge in [-0.1, -0.05) is 206 Å². The van der Waals surface area contributed by atoms with Crippen LogP contribution in [0.1, 0.15) is 341 Å². The first kappa shape index (κ1) is 118. The van der Waals surface area contributed by atoms with Crippen LogP contribution in [0, 0.1) is 82.9 Å². The van der Waals surface area contributed by atoms with E-state index in [2.05, 4.69) is 19.2 Å². The first-order valence-electron chi connectivity index (χ1n) is 45.8. The summed E-state index contributed by atoms with van der Waals surface area (Å²) in [5.41, 5.74) is 0. The van der Waals surface area contributed by atoms with Crippen molar-refractivity contribution in [3.05, 3.63) is 0 Å². The fourth-order valence-electron chi connectivity index (χ4n) is 16.1. The highest BCUT2D eigenvalue weighted by molar-refractivity contribution is 7.99. The van der Waals surface area contributed by atoms with E-state index in [-0.39, 0.29) is 50.4 Å². The Balaban J connectivity index is 6.20. The minimum Gasteiger partial charge on any atom is -0.481 e. The molecule has 0 aliphatic carbocycles. The third kappa shape index (κ3) is 58.1. The van der Waals surface area contributed by atoms with E-state index in [0.717, 1.165) is 63.1 Å². The molecule has 0 spiro atoms. The molecule has 0 aromatic carbocycles. The number of rotatable bonds is 88. The molecule has 16 N–H and O–H groups in total. The summed E-state index contributed by atoms with van der Waals surface area (Å²) in [6, 6.07) is -1.20. The normalized spacial score (nSPS) is 15.0. The Hall–Kier alpha value is -9.19. The van der Waals surface area contributed by atoms with E-state index < -0.39 is 293 Å². The van der Waals surface area contributed by atoms with Gasteiger partial charge in [0.1, 0.15) is 6.04 Å². The number of carboxylic acid groups (broad SMARTS) is 15. The van der Waals surface area contributed by atoms with Crippen LogP contribution in [0.15, 0.2) is 0 Å². The lowest BCUT2D eigenvalue weighted by atomic mass is 9.76. The highest BCUT2D eigenvalue weighted by atomic mass is 32.2.